The van der Waals surface area contributed by atoms with Gasteiger partial charge in [0.1, 0.15) is 0 Å². The van der Waals surface area contributed by atoms with Crippen molar-refractivity contribution in [2.75, 3.05) is 39.8 Å². The van der Waals surface area contributed by atoms with E-state index in [4.69, 9.17) is 4.74 Å². The number of hydrogen-bond acceptors (Lipinski definition) is 3. The van der Waals surface area contributed by atoms with Crippen molar-refractivity contribution in [3.63, 3.8) is 0 Å². The summed E-state index contributed by atoms with van der Waals surface area (Å²) in [6.07, 6.45) is 11.1. The van der Waals surface area contributed by atoms with Crippen LogP contribution in [0, 0.1) is 11.8 Å². The number of piperidine rings is 1. The van der Waals surface area contributed by atoms with Crippen LogP contribution >= 0.6 is 0 Å². The molecule has 1 saturated carbocycles. The van der Waals surface area contributed by atoms with Crippen LogP contribution in [-0.4, -0.2) is 61.8 Å². The van der Waals surface area contributed by atoms with E-state index in [1.807, 2.05) is 0 Å². The predicted molar refractivity (Wildman–Crippen MR) is 104 cm³/mol. The van der Waals surface area contributed by atoms with Crippen LogP contribution in [-0.2, 0) is 4.74 Å². The highest BCUT2D eigenvalue weighted by atomic mass is 16.5. The van der Waals surface area contributed by atoms with Crippen molar-refractivity contribution in [1.82, 2.24) is 9.80 Å². The van der Waals surface area contributed by atoms with Gasteiger partial charge in [0.25, 0.3) is 0 Å². The Bertz CT molecular complexity index is 322. The molecule has 24 heavy (non-hydrogen) atoms. The van der Waals surface area contributed by atoms with Gasteiger partial charge in [-0.1, -0.05) is 27.2 Å². The van der Waals surface area contributed by atoms with Gasteiger partial charge in [0.2, 0.25) is 0 Å². The lowest BCUT2D eigenvalue weighted by atomic mass is 9.87. The molecule has 0 aromatic carbocycles. The highest BCUT2D eigenvalue weighted by molar-refractivity contribution is 4.87. The zero-order valence-corrected chi connectivity index (χ0v) is 16.8. The minimum absolute atomic E-state index is 0.546. The molecule has 142 valence electrons. The van der Waals surface area contributed by atoms with Crippen LogP contribution < -0.4 is 0 Å². The molecule has 1 heterocycles. The molecule has 1 aliphatic heterocycles. The molecule has 2 rings (SSSR count). The number of nitrogens with zero attached hydrogens (tertiary/aromatic N) is 2. The molecule has 2 aliphatic rings. The Hall–Kier alpha value is -0.120. The topological polar surface area (TPSA) is 15.7 Å². The summed E-state index contributed by atoms with van der Waals surface area (Å²) in [7, 11) is 2.26. The van der Waals surface area contributed by atoms with Crippen LogP contribution in [0.4, 0.5) is 0 Å². The van der Waals surface area contributed by atoms with E-state index in [-0.39, 0.29) is 0 Å². The van der Waals surface area contributed by atoms with Gasteiger partial charge >= 0.3 is 0 Å². The highest BCUT2D eigenvalue weighted by Gasteiger charge is 2.32. The van der Waals surface area contributed by atoms with Crippen LogP contribution in [0.1, 0.15) is 72.1 Å². The van der Waals surface area contributed by atoms with E-state index in [0.717, 1.165) is 24.5 Å². The van der Waals surface area contributed by atoms with Gasteiger partial charge in [0, 0.05) is 19.2 Å². The van der Waals surface area contributed by atoms with Crippen molar-refractivity contribution >= 4 is 0 Å². The molecule has 3 heteroatoms. The maximum Gasteiger partial charge on any atom is 0.0605 e. The molecule has 1 atom stereocenters. The summed E-state index contributed by atoms with van der Waals surface area (Å²) >= 11 is 0. The zero-order valence-electron chi connectivity index (χ0n) is 16.8. The Morgan fingerprint density at radius 2 is 1.83 bits per heavy atom. The van der Waals surface area contributed by atoms with Crippen molar-refractivity contribution in [1.29, 1.82) is 0 Å². The minimum atomic E-state index is 0.546. The normalized spacial score (nSPS) is 27.4. The second-order valence-electron chi connectivity index (χ2n) is 8.53. The Morgan fingerprint density at radius 3 is 2.46 bits per heavy atom. The van der Waals surface area contributed by atoms with Gasteiger partial charge in [-0.25, -0.2) is 0 Å². The third kappa shape index (κ3) is 6.65. The molecule has 3 nitrogen and oxygen atoms in total. The Balaban J connectivity index is 1.48. The quantitative estimate of drug-likeness (QED) is 0.555. The van der Waals surface area contributed by atoms with E-state index >= 15 is 0 Å². The summed E-state index contributed by atoms with van der Waals surface area (Å²) in [5.74, 6) is 1.77. The zero-order chi connectivity index (χ0) is 17.4. The molecule has 1 unspecified atom stereocenters. The third-order valence-electron chi connectivity index (χ3n) is 6.21. The fraction of sp³-hybridized carbons (Fsp3) is 1.00. The summed E-state index contributed by atoms with van der Waals surface area (Å²) in [5.41, 5.74) is 0. The third-order valence-corrected chi connectivity index (χ3v) is 6.21. The van der Waals surface area contributed by atoms with Crippen molar-refractivity contribution in [3.05, 3.63) is 0 Å². The van der Waals surface area contributed by atoms with E-state index in [9.17, 15) is 0 Å². The molecule has 2 fully saturated rings. The average Bonchev–Trinajstić information content (AvgIpc) is 2.51. The van der Waals surface area contributed by atoms with Crippen LogP contribution in [0.5, 0.6) is 0 Å². The van der Waals surface area contributed by atoms with E-state index < -0.39 is 0 Å². The standard InChI is InChI=1S/C21H42N2O/c1-5-7-18(3)17-23-12-8-19(9-13-23)10-14-24-21-15-20(16-21)22(4)11-6-2/h18-21H,5-17H2,1-4H3. The predicted octanol–water partition coefficient (Wildman–Crippen LogP) is 4.41. The van der Waals surface area contributed by atoms with Gasteiger partial charge in [-0.3, -0.25) is 0 Å². The molecule has 0 aromatic heterocycles. The Morgan fingerprint density at radius 1 is 1.12 bits per heavy atom. The molecule has 1 saturated heterocycles. The molecule has 1 aliphatic carbocycles. The smallest absolute Gasteiger partial charge is 0.0605 e. The van der Waals surface area contributed by atoms with Crippen molar-refractivity contribution < 1.29 is 4.74 Å². The van der Waals surface area contributed by atoms with E-state index in [1.54, 1.807) is 0 Å². The number of rotatable bonds is 11. The molecule has 0 radical (unpaired) electrons. The van der Waals surface area contributed by atoms with E-state index in [0.29, 0.717) is 6.10 Å². The van der Waals surface area contributed by atoms with Crippen LogP contribution in [0.15, 0.2) is 0 Å². The molecule has 0 amide bonds. The second-order valence-corrected chi connectivity index (χ2v) is 8.53. The van der Waals surface area contributed by atoms with Crippen molar-refractivity contribution in [3.8, 4) is 0 Å². The number of likely N-dealkylation sites (tertiary alicyclic amines) is 1. The van der Waals surface area contributed by atoms with Crippen molar-refractivity contribution in [2.24, 2.45) is 11.8 Å². The summed E-state index contributed by atoms with van der Waals surface area (Å²) in [6.45, 7) is 13.1. The lowest BCUT2D eigenvalue weighted by molar-refractivity contribution is -0.0503. The lowest BCUT2D eigenvalue weighted by Crippen LogP contribution is -2.46. The summed E-state index contributed by atoms with van der Waals surface area (Å²) in [6, 6.07) is 0.781. The van der Waals surface area contributed by atoms with Crippen molar-refractivity contribution in [2.45, 2.75) is 84.3 Å². The molecule has 0 spiro atoms. The molecular formula is C21H42N2O. The first kappa shape index (κ1) is 20.2. The Labute approximate surface area is 151 Å². The van der Waals surface area contributed by atoms with Gasteiger partial charge in [0.15, 0.2) is 0 Å². The second kappa shape index (κ2) is 10.8. The summed E-state index contributed by atoms with van der Waals surface area (Å²) in [4.78, 5) is 5.20. The number of ether oxygens (including phenoxy) is 1. The average molecular weight is 339 g/mol. The maximum atomic E-state index is 6.12. The molecule has 0 aromatic rings. The maximum absolute atomic E-state index is 6.12. The first-order valence-electron chi connectivity index (χ1n) is 10.7. The van der Waals surface area contributed by atoms with Gasteiger partial charge in [-0.2, -0.15) is 0 Å². The lowest BCUT2D eigenvalue weighted by Gasteiger charge is -2.41. The Kier molecular flexibility index (Phi) is 9.07. The van der Waals surface area contributed by atoms with Crippen LogP contribution in [0.2, 0.25) is 0 Å². The van der Waals surface area contributed by atoms with Crippen LogP contribution in [0.25, 0.3) is 0 Å². The summed E-state index contributed by atoms with van der Waals surface area (Å²) in [5, 5.41) is 0. The molecule has 0 bridgehead atoms. The fourth-order valence-electron chi connectivity index (χ4n) is 4.45. The first-order valence-corrected chi connectivity index (χ1v) is 10.7. The SMILES string of the molecule is CCCC(C)CN1CCC(CCOC2CC(N(C)CCC)C2)CC1. The monoisotopic (exact) mass is 338 g/mol. The van der Waals surface area contributed by atoms with E-state index in [2.05, 4.69) is 37.6 Å². The van der Waals surface area contributed by atoms with Crippen LogP contribution in [0.3, 0.4) is 0 Å². The first-order chi connectivity index (χ1) is 11.6. The summed E-state index contributed by atoms with van der Waals surface area (Å²) < 4.78 is 6.12. The van der Waals surface area contributed by atoms with Gasteiger partial charge in [-0.15, -0.1) is 0 Å². The fourth-order valence-corrected chi connectivity index (χ4v) is 4.45. The van der Waals surface area contributed by atoms with Gasteiger partial charge in [-0.05, 0) is 83.5 Å². The number of hydrogen-bond donors (Lipinski definition) is 0. The largest absolute Gasteiger partial charge is 0.378 e. The molecule has 0 N–H and O–H groups in total. The highest BCUT2D eigenvalue weighted by Crippen LogP contribution is 2.29. The minimum Gasteiger partial charge on any atom is -0.378 e. The molecular weight excluding hydrogens is 296 g/mol. The van der Waals surface area contributed by atoms with Gasteiger partial charge in [0.05, 0.1) is 6.10 Å². The van der Waals surface area contributed by atoms with E-state index in [1.165, 1.54) is 77.5 Å². The van der Waals surface area contributed by atoms with Gasteiger partial charge < -0.3 is 14.5 Å².